The number of carbonyl (C=O) groups excluding carboxylic acids is 1. The molecular formula is C22H23FN4O3. The van der Waals surface area contributed by atoms with E-state index in [2.05, 4.69) is 22.2 Å². The Kier molecular flexibility index (Phi) is 4.38. The maximum Gasteiger partial charge on any atom is 0.291 e. The first-order valence-electron chi connectivity index (χ1n) is 10.2. The summed E-state index contributed by atoms with van der Waals surface area (Å²) in [5.74, 6) is 1.51. The number of aryl methyl sites for hydroxylation is 1. The lowest BCUT2D eigenvalue weighted by atomic mass is 10.2. The number of anilines is 1. The summed E-state index contributed by atoms with van der Waals surface area (Å²) in [6.45, 7) is 4.95. The topological polar surface area (TPSA) is 80.5 Å². The molecule has 1 saturated heterocycles. The predicted octanol–water partition coefficient (Wildman–Crippen LogP) is 3.93. The fourth-order valence-corrected chi connectivity index (χ4v) is 3.69. The van der Waals surface area contributed by atoms with E-state index >= 15 is 0 Å². The molecule has 2 aliphatic rings. The van der Waals surface area contributed by atoms with Gasteiger partial charge >= 0.3 is 0 Å². The number of likely N-dealkylation sites (tertiary alicyclic amines) is 1. The molecule has 1 N–H and O–H groups in total. The van der Waals surface area contributed by atoms with Crippen LogP contribution in [0.1, 0.15) is 42.6 Å². The third-order valence-electron chi connectivity index (χ3n) is 5.68. The number of nitrogens with one attached hydrogen (secondary N) is 1. The van der Waals surface area contributed by atoms with Crippen molar-refractivity contribution in [3.8, 4) is 5.75 Å². The number of hydrogen-bond acceptors (Lipinski definition) is 6. The average Bonchev–Trinajstić information content (AvgIpc) is 3.11. The van der Waals surface area contributed by atoms with E-state index in [1.165, 1.54) is 12.1 Å². The molecule has 0 radical (unpaired) electrons. The maximum atomic E-state index is 13.1. The molecule has 2 fully saturated rings. The van der Waals surface area contributed by atoms with E-state index in [-0.39, 0.29) is 29.2 Å². The summed E-state index contributed by atoms with van der Waals surface area (Å²) >= 11 is 0. The summed E-state index contributed by atoms with van der Waals surface area (Å²) in [5, 5.41) is 4.23. The molecule has 1 aliphatic heterocycles. The highest BCUT2D eigenvalue weighted by Gasteiger charge is 2.38. The van der Waals surface area contributed by atoms with Gasteiger partial charge in [0.1, 0.15) is 29.2 Å². The predicted molar refractivity (Wildman–Crippen MR) is 109 cm³/mol. The highest BCUT2D eigenvalue weighted by molar-refractivity contribution is 5.95. The Morgan fingerprint density at radius 2 is 2.07 bits per heavy atom. The summed E-state index contributed by atoms with van der Waals surface area (Å²) in [6.07, 6.45) is 2.66. The second-order valence-corrected chi connectivity index (χ2v) is 8.39. The van der Waals surface area contributed by atoms with Crippen molar-refractivity contribution in [3.63, 3.8) is 0 Å². The number of benzene rings is 1. The minimum absolute atomic E-state index is 0.00845. The van der Waals surface area contributed by atoms with Gasteiger partial charge in [0.15, 0.2) is 0 Å². The SMILES string of the molecule is Cc1cc2c(NC3(C)CC3)nc(C(=O)N3CCC(Oc4ccc(F)cc4)C3)nc2o1. The molecule has 1 amide bonds. The van der Waals surface area contributed by atoms with Crippen LogP contribution in [0.3, 0.4) is 0 Å². The molecule has 3 aromatic rings. The molecule has 156 valence electrons. The number of aromatic nitrogens is 2. The van der Waals surface area contributed by atoms with Crippen molar-refractivity contribution in [2.75, 3.05) is 18.4 Å². The molecule has 5 rings (SSSR count). The summed E-state index contributed by atoms with van der Waals surface area (Å²) < 4.78 is 24.6. The Hall–Kier alpha value is -3.16. The molecule has 8 heteroatoms. The van der Waals surface area contributed by atoms with Gasteiger partial charge in [-0.2, -0.15) is 4.98 Å². The van der Waals surface area contributed by atoms with E-state index in [0.29, 0.717) is 36.8 Å². The Bertz CT molecular complexity index is 1110. The van der Waals surface area contributed by atoms with Crippen LogP contribution in [0.5, 0.6) is 5.75 Å². The van der Waals surface area contributed by atoms with Crippen LogP contribution in [-0.2, 0) is 0 Å². The third-order valence-corrected chi connectivity index (χ3v) is 5.68. The van der Waals surface area contributed by atoms with E-state index in [1.807, 2.05) is 13.0 Å². The second kappa shape index (κ2) is 6.97. The van der Waals surface area contributed by atoms with Crippen LogP contribution in [0, 0.1) is 12.7 Å². The number of nitrogens with zero attached hydrogens (tertiary/aromatic N) is 3. The van der Waals surface area contributed by atoms with E-state index in [0.717, 1.165) is 24.0 Å². The Morgan fingerprint density at radius 1 is 1.30 bits per heavy atom. The van der Waals surface area contributed by atoms with E-state index in [9.17, 15) is 9.18 Å². The molecule has 1 aromatic carbocycles. The van der Waals surface area contributed by atoms with E-state index in [1.54, 1.807) is 17.0 Å². The molecule has 30 heavy (non-hydrogen) atoms. The lowest BCUT2D eigenvalue weighted by Gasteiger charge is -2.18. The lowest BCUT2D eigenvalue weighted by Crippen LogP contribution is -2.32. The molecule has 1 aliphatic carbocycles. The standard InChI is InChI=1S/C22H23FN4O3/c1-13-11-17-18(26-22(2)8-9-22)24-19(25-20(17)29-13)21(28)27-10-7-16(12-27)30-15-5-3-14(23)4-6-15/h3-6,11,16H,7-10,12H2,1-2H3,(H,24,25,26). The number of carbonyl (C=O) groups is 1. The van der Waals surface area contributed by atoms with Gasteiger partial charge < -0.3 is 19.4 Å². The Balaban J connectivity index is 1.35. The number of furan rings is 1. The molecule has 0 spiro atoms. The van der Waals surface area contributed by atoms with Crippen molar-refractivity contribution in [3.05, 3.63) is 47.7 Å². The molecule has 2 aromatic heterocycles. The number of hydrogen-bond donors (Lipinski definition) is 1. The molecule has 1 saturated carbocycles. The summed E-state index contributed by atoms with van der Waals surface area (Å²) in [4.78, 5) is 23.7. The van der Waals surface area contributed by atoms with Crippen molar-refractivity contribution in [1.29, 1.82) is 0 Å². The van der Waals surface area contributed by atoms with Gasteiger partial charge in [0, 0.05) is 18.5 Å². The molecular weight excluding hydrogens is 387 g/mol. The number of halogens is 1. The first kappa shape index (κ1) is 18.8. The summed E-state index contributed by atoms with van der Waals surface area (Å²) in [6, 6.07) is 7.78. The molecule has 0 bridgehead atoms. The maximum absolute atomic E-state index is 13.1. The minimum Gasteiger partial charge on any atom is -0.489 e. The minimum atomic E-state index is -0.309. The van der Waals surface area contributed by atoms with Crippen molar-refractivity contribution in [2.45, 2.75) is 44.8 Å². The van der Waals surface area contributed by atoms with Crippen LogP contribution in [0.15, 0.2) is 34.7 Å². The molecule has 1 atom stereocenters. The van der Waals surface area contributed by atoms with E-state index < -0.39 is 0 Å². The zero-order valence-corrected chi connectivity index (χ0v) is 16.9. The first-order valence-corrected chi connectivity index (χ1v) is 10.2. The van der Waals surface area contributed by atoms with Gasteiger partial charge in [-0.05, 0) is 57.0 Å². The second-order valence-electron chi connectivity index (χ2n) is 8.39. The summed E-state index contributed by atoms with van der Waals surface area (Å²) in [5.41, 5.74) is 0.421. The third kappa shape index (κ3) is 3.69. The van der Waals surface area contributed by atoms with Crippen molar-refractivity contribution in [1.82, 2.24) is 14.9 Å². The van der Waals surface area contributed by atoms with Crippen molar-refractivity contribution in [2.24, 2.45) is 0 Å². The van der Waals surface area contributed by atoms with Crippen LogP contribution in [0.4, 0.5) is 10.2 Å². The largest absolute Gasteiger partial charge is 0.489 e. The average molecular weight is 410 g/mol. The van der Waals surface area contributed by atoms with Gasteiger partial charge in [0.25, 0.3) is 5.91 Å². The fourth-order valence-electron chi connectivity index (χ4n) is 3.69. The number of rotatable bonds is 5. The monoisotopic (exact) mass is 410 g/mol. The normalized spacial score (nSPS) is 19.8. The highest BCUT2D eigenvalue weighted by Crippen LogP contribution is 2.39. The number of fused-ring (bicyclic) bond motifs is 1. The number of amides is 1. The smallest absolute Gasteiger partial charge is 0.291 e. The van der Waals surface area contributed by atoms with Crippen LogP contribution in [0.2, 0.25) is 0 Å². The van der Waals surface area contributed by atoms with Gasteiger partial charge in [-0.15, -0.1) is 0 Å². The van der Waals surface area contributed by atoms with Gasteiger partial charge in [-0.1, -0.05) is 0 Å². The Morgan fingerprint density at radius 3 is 2.80 bits per heavy atom. The van der Waals surface area contributed by atoms with E-state index in [4.69, 9.17) is 9.15 Å². The summed E-state index contributed by atoms with van der Waals surface area (Å²) in [7, 11) is 0. The van der Waals surface area contributed by atoms with Gasteiger partial charge in [-0.25, -0.2) is 9.37 Å². The molecule has 3 heterocycles. The zero-order chi connectivity index (χ0) is 20.9. The lowest BCUT2D eigenvalue weighted by molar-refractivity contribution is 0.0760. The number of ether oxygens (including phenoxy) is 1. The molecule has 1 unspecified atom stereocenters. The zero-order valence-electron chi connectivity index (χ0n) is 16.9. The van der Waals surface area contributed by atoms with Crippen LogP contribution >= 0.6 is 0 Å². The highest BCUT2D eigenvalue weighted by atomic mass is 19.1. The Labute approximate surface area is 173 Å². The van der Waals surface area contributed by atoms with Gasteiger partial charge in [-0.3, -0.25) is 4.79 Å². The van der Waals surface area contributed by atoms with Gasteiger partial charge in [0.05, 0.1) is 11.9 Å². The van der Waals surface area contributed by atoms with Crippen molar-refractivity contribution < 1.29 is 18.3 Å². The van der Waals surface area contributed by atoms with Crippen LogP contribution in [0.25, 0.3) is 11.1 Å². The van der Waals surface area contributed by atoms with Crippen LogP contribution in [-0.4, -0.2) is 45.5 Å². The fraction of sp³-hybridized carbons (Fsp3) is 0.409. The quantitative estimate of drug-likeness (QED) is 0.687. The first-order chi connectivity index (χ1) is 14.4. The molecule has 7 nitrogen and oxygen atoms in total. The van der Waals surface area contributed by atoms with Crippen molar-refractivity contribution >= 4 is 22.8 Å². The van der Waals surface area contributed by atoms with Crippen LogP contribution < -0.4 is 10.1 Å². The van der Waals surface area contributed by atoms with Gasteiger partial charge in [0.2, 0.25) is 11.5 Å².